The Morgan fingerprint density at radius 1 is 1.45 bits per heavy atom. The average Bonchev–Trinajstić information content (AvgIpc) is 2.43. The minimum atomic E-state index is -0.338. The topological polar surface area (TPSA) is 15.3 Å². The zero-order chi connectivity index (χ0) is 14.5. The fourth-order valence-corrected chi connectivity index (χ4v) is 3.35. The van der Waals surface area contributed by atoms with E-state index < -0.39 is 0 Å². The third kappa shape index (κ3) is 3.72. The van der Waals surface area contributed by atoms with Crippen LogP contribution in [0.15, 0.2) is 18.2 Å². The highest BCUT2D eigenvalue weighted by molar-refractivity contribution is 6.30. The van der Waals surface area contributed by atoms with E-state index in [1.165, 1.54) is 18.9 Å². The number of rotatable bonds is 5. The quantitative estimate of drug-likeness (QED) is 0.830. The Labute approximate surface area is 126 Å². The molecule has 0 aliphatic carbocycles. The molecular weight excluding hydrogens is 275 g/mol. The molecule has 0 bridgehead atoms. The number of nitrogens with zero attached hydrogens (tertiary/aromatic N) is 1. The van der Waals surface area contributed by atoms with Gasteiger partial charge in [0.1, 0.15) is 5.82 Å². The summed E-state index contributed by atoms with van der Waals surface area (Å²) in [5, 5.41) is 3.74. The summed E-state index contributed by atoms with van der Waals surface area (Å²) < 4.78 is 13.4. The predicted octanol–water partition coefficient (Wildman–Crippen LogP) is 3.86. The number of benzene rings is 1. The van der Waals surface area contributed by atoms with Gasteiger partial charge in [-0.3, -0.25) is 4.90 Å². The molecule has 112 valence electrons. The average molecular weight is 299 g/mol. The summed E-state index contributed by atoms with van der Waals surface area (Å²) in [7, 11) is 2.15. The first-order valence-corrected chi connectivity index (χ1v) is 7.87. The molecule has 2 atom stereocenters. The molecule has 2 rings (SSSR count). The lowest BCUT2D eigenvalue weighted by Gasteiger charge is -2.40. The number of likely N-dealkylation sites (tertiary alicyclic amines) is 1. The van der Waals surface area contributed by atoms with Crippen molar-refractivity contribution in [1.82, 2.24) is 10.2 Å². The van der Waals surface area contributed by atoms with Crippen LogP contribution in [0.3, 0.4) is 0 Å². The Hall–Kier alpha value is -0.640. The summed E-state index contributed by atoms with van der Waals surface area (Å²) >= 11 is 5.95. The van der Waals surface area contributed by atoms with E-state index in [1.54, 1.807) is 6.07 Å². The lowest BCUT2D eigenvalue weighted by atomic mass is 9.85. The van der Waals surface area contributed by atoms with Crippen molar-refractivity contribution in [3.8, 4) is 0 Å². The minimum absolute atomic E-state index is 0.224. The van der Waals surface area contributed by atoms with E-state index in [0.717, 1.165) is 31.6 Å². The Bertz CT molecular complexity index is 438. The van der Waals surface area contributed by atoms with Crippen molar-refractivity contribution in [2.75, 3.05) is 26.7 Å². The van der Waals surface area contributed by atoms with Crippen molar-refractivity contribution >= 4 is 11.6 Å². The van der Waals surface area contributed by atoms with Gasteiger partial charge in [-0.25, -0.2) is 4.39 Å². The number of hydrogen-bond acceptors (Lipinski definition) is 2. The second-order valence-electron chi connectivity index (χ2n) is 5.71. The molecule has 0 radical (unpaired) electrons. The second-order valence-corrected chi connectivity index (χ2v) is 6.11. The molecule has 1 aliphatic rings. The van der Waals surface area contributed by atoms with Gasteiger partial charge in [-0.15, -0.1) is 0 Å². The highest BCUT2D eigenvalue weighted by Crippen LogP contribution is 2.35. The molecule has 4 heteroatoms. The molecule has 0 saturated carbocycles. The van der Waals surface area contributed by atoms with Crippen molar-refractivity contribution in [2.45, 2.75) is 32.2 Å². The molecule has 20 heavy (non-hydrogen) atoms. The zero-order valence-electron chi connectivity index (χ0n) is 12.3. The maximum absolute atomic E-state index is 13.4. The predicted molar refractivity (Wildman–Crippen MR) is 82.7 cm³/mol. The summed E-state index contributed by atoms with van der Waals surface area (Å²) in [6.45, 7) is 5.33. The van der Waals surface area contributed by atoms with Crippen molar-refractivity contribution in [2.24, 2.45) is 5.92 Å². The first-order chi connectivity index (χ1) is 9.63. The molecule has 1 heterocycles. The van der Waals surface area contributed by atoms with Crippen LogP contribution < -0.4 is 5.32 Å². The van der Waals surface area contributed by atoms with Crippen LogP contribution in [-0.2, 0) is 0 Å². The second kappa shape index (κ2) is 7.39. The summed E-state index contributed by atoms with van der Waals surface area (Å²) in [4.78, 5) is 2.37. The third-order valence-corrected chi connectivity index (χ3v) is 4.42. The van der Waals surface area contributed by atoms with Gasteiger partial charge in [-0.05, 0) is 69.6 Å². The van der Waals surface area contributed by atoms with Crippen LogP contribution in [-0.4, -0.2) is 31.6 Å². The summed E-state index contributed by atoms with van der Waals surface area (Å²) in [5.74, 6) is 0.219. The third-order valence-electron chi connectivity index (χ3n) is 4.13. The highest BCUT2D eigenvalue weighted by Gasteiger charge is 2.30. The van der Waals surface area contributed by atoms with Gasteiger partial charge in [0.05, 0.1) is 5.02 Å². The van der Waals surface area contributed by atoms with Gasteiger partial charge < -0.3 is 5.32 Å². The molecule has 1 saturated heterocycles. The lowest BCUT2D eigenvalue weighted by molar-refractivity contribution is 0.119. The van der Waals surface area contributed by atoms with Crippen LogP contribution in [0.5, 0.6) is 0 Å². The van der Waals surface area contributed by atoms with E-state index in [0.29, 0.717) is 12.0 Å². The Kier molecular flexibility index (Phi) is 5.82. The Morgan fingerprint density at radius 2 is 2.25 bits per heavy atom. The molecule has 0 spiro atoms. The molecule has 1 aromatic rings. The SMILES string of the molecule is CCCNCC1CCCN(C)C1c1ccc(F)c(Cl)c1. The van der Waals surface area contributed by atoms with Crippen molar-refractivity contribution < 1.29 is 4.39 Å². The maximum Gasteiger partial charge on any atom is 0.141 e. The lowest BCUT2D eigenvalue weighted by Crippen LogP contribution is -2.40. The molecule has 0 amide bonds. The monoisotopic (exact) mass is 298 g/mol. The van der Waals surface area contributed by atoms with Gasteiger partial charge in [0.25, 0.3) is 0 Å². The van der Waals surface area contributed by atoms with E-state index in [2.05, 4.69) is 24.2 Å². The normalized spacial score (nSPS) is 24.0. The Balaban J connectivity index is 2.15. The van der Waals surface area contributed by atoms with E-state index in [1.807, 2.05) is 6.07 Å². The fourth-order valence-electron chi connectivity index (χ4n) is 3.16. The van der Waals surface area contributed by atoms with E-state index in [9.17, 15) is 4.39 Å². The zero-order valence-corrected chi connectivity index (χ0v) is 13.1. The first-order valence-electron chi connectivity index (χ1n) is 7.49. The van der Waals surface area contributed by atoms with Crippen LogP contribution in [0.4, 0.5) is 4.39 Å². The van der Waals surface area contributed by atoms with Crippen LogP contribution in [0.1, 0.15) is 37.8 Å². The molecule has 1 N–H and O–H groups in total. The number of piperidine rings is 1. The van der Waals surface area contributed by atoms with Gasteiger partial charge in [0.2, 0.25) is 0 Å². The molecule has 0 aromatic heterocycles. The van der Waals surface area contributed by atoms with Crippen LogP contribution in [0, 0.1) is 11.7 Å². The van der Waals surface area contributed by atoms with E-state index in [4.69, 9.17) is 11.6 Å². The standard InChI is InChI=1S/C16H24ClFN2/c1-3-8-19-11-13-5-4-9-20(2)16(13)12-6-7-15(18)14(17)10-12/h6-7,10,13,16,19H,3-5,8-9,11H2,1-2H3. The van der Waals surface area contributed by atoms with Gasteiger partial charge in [-0.1, -0.05) is 24.6 Å². The van der Waals surface area contributed by atoms with E-state index in [-0.39, 0.29) is 10.8 Å². The van der Waals surface area contributed by atoms with E-state index >= 15 is 0 Å². The van der Waals surface area contributed by atoms with Gasteiger partial charge in [0.15, 0.2) is 0 Å². The summed E-state index contributed by atoms with van der Waals surface area (Å²) in [5.41, 5.74) is 1.13. The summed E-state index contributed by atoms with van der Waals surface area (Å²) in [6, 6.07) is 5.47. The molecule has 2 nitrogen and oxygen atoms in total. The molecule has 1 fully saturated rings. The minimum Gasteiger partial charge on any atom is -0.316 e. The first kappa shape index (κ1) is 15.7. The van der Waals surface area contributed by atoms with Gasteiger partial charge >= 0.3 is 0 Å². The van der Waals surface area contributed by atoms with Gasteiger partial charge in [0, 0.05) is 6.04 Å². The number of nitrogens with one attached hydrogen (secondary N) is 1. The molecule has 1 aliphatic heterocycles. The molecular formula is C16H24ClFN2. The molecule has 2 unspecified atom stereocenters. The summed E-state index contributed by atoms with van der Waals surface area (Å²) in [6.07, 6.45) is 3.58. The molecule has 1 aromatic carbocycles. The number of hydrogen-bond donors (Lipinski definition) is 1. The number of halogens is 2. The fraction of sp³-hybridized carbons (Fsp3) is 0.625. The van der Waals surface area contributed by atoms with Crippen molar-refractivity contribution in [3.63, 3.8) is 0 Å². The maximum atomic E-state index is 13.4. The van der Waals surface area contributed by atoms with Crippen molar-refractivity contribution in [3.05, 3.63) is 34.6 Å². The van der Waals surface area contributed by atoms with Crippen LogP contribution in [0.25, 0.3) is 0 Å². The van der Waals surface area contributed by atoms with Crippen molar-refractivity contribution in [1.29, 1.82) is 0 Å². The van der Waals surface area contributed by atoms with Crippen LogP contribution >= 0.6 is 11.6 Å². The van der Waals surface area contributed by atoms with Crippen LogP contribution in [0.2, 0.25) is 5.02 Å². The highest BCUT2D eigenvalue weighted by atomic mass is 35.5. The smallest absolute Gasteiger partial charge is 0.141 e. The largest absolute Gasteiger partial charge is 0.316 e. The Morgan fingerprint density at radius 3 is 2.95 bits per heavy atom. The van der Waals surface area contributed by atoms with Gasteiger partial charge in [-0.2, -0.15) is 0 Å².